The highest BCUT2D eigenvalue weighted by atomic mass is 32.2. The number of aliphatic hydroxyl groups is 1. The third-order valence-electron chi connectivity index (χ3n) is 2.36. The second-order valence-corrected chi connectivity index (χ2v) is 6.22. The Balaban J connectivity index is 2.48. The molecule has 1 aliphatic heterocycles. The molecule has 1 fully saturated rings. The highest BCUT2D eigenvalue weighted by Gasteiger charge is 2.36. The van der Waals surface area contributed by atoms with Crippen molar-refractivity contribution in [2.24, 2.45) is 5.92 Å². The van der Waals surface area contributed by atoms with Crippen molar-refractivity contribution in [2.45, 2.75) is 38.8 Å². The summed E-state index contributed by atoms with van der Waals surface area (Å²) in [5, 5.41) is 9.11. The SMILES string of the molecule is CC(C)CC1O[C@H](CO)[C@@H](COS(C)(=O)=O)O1. The van der Waals surface area contributed by atoms with E-state index in [1.54, 1.807) is 0 Å². The fraction of sp³-hybridized carbons (Fsp3) is 1.00. The van der Waals surface area contributed by atoms with Gasteiger partial charge in [-0.15, -0.1) is 0 Å². The Morgan fingerprint density at radius 2 is 1.88 bits per heavy atom. The molecular weight excluding hydrogens is 248 g/mol. The van der Waals surface area contributed by atoms with Crippen LogP contribution in [0, 0.1) is 5.92 Å². The molecule has 0 bridgehead atoms. The zero-order valence-corrected chi connectivity index (χ0v) is 11.1. The lowest BCUT2D eigenvalue weighted by Gasteiger charge is -2.13. The van der Waals surface area contributed by atoms with E-state index in [1.165, 1.54) is 0 Å². The van der Waals surface area contributed by atoms with Crippen LogP contribution >= 0.6 is 0 Å². The highest BCUT2D eigenvalue weighted by Crippen LogP contribution is 2.24. The van der Waals surface area contributed by atoms with Gasteiger partial charge in [-0.25, -0.2) is 0 Å². The van der Waals surface area contributed by atoms with Crippen molar-refractivity contribution in [3.05, 3.63) is 0 Å². The van der Waals surface area contributed by atoms with E-state index >= 15 is 0 Å². The summed E-state index contributed by atoms with van der Waals surface area (Å²) in [6.45, 7) is 3.72. The molecule has 0 spiro atoms. The Kier molecular flexibility index (Phi) is 5.33. The van der Waals surface area contributed by atoms with E-state index in [0.717, 1.165) is 6.26 Å². The summed E-state index contributed by atoms with van der Waals surface area (Å²) in [5.74, 6) is 0.397. The predicted molar refractivity (Wildman–Crippen MR) is 60.9 cm³/mol. The monoisotopic (exact) mass is 268 g/mol. The molecule has 1 rings (SSSR count). The molecule has 6 nitrogen and oxygen atoms in total. The molecule has 1 heterocycles. The van der Waals surface area contributed by atoms with Crippen molar-refractivity contribution >= 4 is 10.1 Å². The Morgan fingerprint density at radius 3 is 2.35 bits per heavy atom. The van der Waals surface area contributed by atoms with Crippen molar-refractivity contribution in [1.29, 1.82) is 0 Å². The van der Waals surface area contributed by atoms with E-state index in [-0.39, 0.29) is 13.2 Å². The summed E-state index contributed by atoms with van der Waals surface area (Å²) in [5.41, 5.74) is 0. The van der Waals surface area contributed by atoms with Crippen LogP contribution in [0.3, 0.4) is 0 Å². The van der Waals surface area contributed by atoms with Gasteiger partial charge >= 0.3 is 0 Å². The lowest BCUT2D eigenvalue weighted by Crippen LogP contribution is -2.31. The van der Waals surface area contributed by atoms with Crippen LogP contribution in [-0.4, -0.2) is 51.5 Å². The van der Waals surface area contributed by atoms with E-state index in [0.29, 0.717) is 12.3 Å². The molecule has 0 amide bonds. The smallest absolute Gasteiger partial charge is 0.264 e. The molecular formula is C10H20O6S. The van der Waals surface area contributed by atoms with Gasteiger partial charge < -0.3 is 14.6 Å². The molecule has 7 heteroatoms. The van der Waals surface area contributed by atoms with Gasteiger partial charge in [0.1, 0.15) is 12.2 Å². The first-order chi connectivity index (χ1) is 7.81. The van der Waals surface area contributed by atoms with E-state index in [4.69, 9.17) is 14.6 Å². The zero-order valence-electron chi connectivity index (χ0n) is 10.3. The molecule has 0 radical (unpaired) electrons. The maximum atomic E-state index is 10.9. The van der Waals surface area contributed by atoms with Crippen molar-refractivity contribution in [3.63, 3.8) is 0 Å². The molecule has 0 saturated carbocycles. The van der Waals surface area contributed by atoms with Crippen molar-refractivity contribution < 1.29 is 27.2 Å². The number of hydrogen-bond acceptors (Lipinski definition) is 6. The van der Waals surface area contributed by atoms with Crippen LogP contribution in [-0.2, 0) is 23.8 Å². The second kappa shape index (κ2) is 6.10. The van der Waals surface area contributed by atoms with Crippen LogP contribution in [0.4, 0.5) is 0 Å². The Hall–Kier alpha value is -0.210. The average molecular weight is 268 g/mol. The zero-order chi connectivity index (χ0) is 13.1. The van der Waals surface area contributed by atoms with Crippen LogP contribution < -0.4 is 0 Å². The summed E-state index contributed by atoms with van der Waals surface area (Å²) in [6.07, 6.45) is 0.202. The summed E-state index contributed by atoms with van der Waals surface area (Å²) < 4.78 is 37.3. The van der Waals surface area contributed by atoms with E-state index in [9.17, 15) is 8.42 Å². The van der Waals surface area contributed by atoms with E-state index in [1.807, 2.05) is 13.8 Å². The van der Waals surface area contributed by atoms with Gasteiger partial charge in [-0.2, -0.15) is 8.42 Å². The lowest BCUT2D eigenvalue weighted by atomic mass is 10.1. The Bertz CT molecular complexity index is 326. The lowest BCUT2D eigenvalue weighted by molar-refractivity contribution is -0.0836. The third-order valence-corrected chi connectivity index (χ3v) is 2.92. The number of aliphatic hydroxyl groups excluding tert-OH is 1. The minimum absolute atomic E-state index is 0.126. The first kappa shape index (κ1) is 14.8. The third kappa shape index (κ3) is 5.31. The maximum Gasteiger partial charge on any atom is 0.264 e. The quantitative estimate of drug-likeness (QED) is 0.689. The summed E-state index contributed by atoms with van der Waals surface area (Å²) in [4.78, 5) is 0. The van der Waals surface area contributed by atoms with Crippen molar-refractivity contribution in [3.8, 4) is 0 Å². The molecule has 1 unspecified atom stereocenters. The highest BCUT2D eigenvalue weighted by molar-refractivity contribution is 7.85. The van der Waals surface area contributed by atoms with Gasteiger partial charge in [0.15, 0.2) is 6.29 Å². The average Bonchev–Trinajstić information content (AvgIpc) is 2.55. The van der Waals surface area contributed by atoms with Gasteiger partial charge in [-0.3, -0.25) is 4.18 Å². The minimum atomic E-state index is -3.50. The van der Waals surface area contributed by atoms with Crippen molar-refractivity contribution in [1.82, 2.24) is 0 Å². The van der Waals surface area contributed by atoms with Crippen LogP contribution in [0.2, 0.25) is 0 Å². The molecule has 0 aromatic rings. The second-order valence-electron chi connectivity index (χ2n) is 4.58. The normalized spacial score (nSPS) is 30.1. The molecule has 1 saturated heterocycles. The molecule has 3 atom stereocenters. The summed E-state index contributed by atoms with van der Waals surface area (Å²) in [7, 11) is -3.50. The standard InChI is InChI=1S/C10H20O6S/c1-7(2)4-10-15-8(5-11)9(16-10)6-14-17(3,12)13/h7-11H,4-6H2,1-3H3/t8-,9-,10?/m1/s1. The summed E-state index contributed by atoms with van der Waals surface area (Å²) in [6, 6.07) is 0. The number of ether oxygens (including phenoxy) is 2. The number of rotatable bonds is 6. The fourth-order valence-electron chi connectivity index (χ4n) is 1.59. The van der Waals surface area contributed by atoms with Gasteiger partial charge in [0.25, 0.3) is 10.1 Å². The van der Waals surface area contributed by atoms with E-state index in [2.05, 4.69) is 4.18 Å². The van der Waals surface area contributed by atoms with Gasteiger partial charge in [0.2, 0.25) is 0 Å². The van der Waals surface area contributed by atoms with Crippen LogP contribution in [0.5, 0.6) is 0 Å². The predicted octanol–water partition coefficient (Wildman–Crippen LogP) is 0.111. The van der Waals surface area contributed by atoms with Crippen LogP contribution in [0.15, 0.2) is 0 Å². The molecule has 17 heavy (non-hydrogen) atoms. The minimum Gasteiger partial charge on any atom is -0.394 e. The molecule has 102 valence electrons. The Labute approximate surface area is 102 Å². The van der Waals surface area contributed by atoms with Crippen LogP contribution in [0.1, 0.15) is 20.3 Å². The first-order valence-electron chi connectivity index (χ1n) is 5.58. The summed E-state index contributed by atoms with van der Waals surface area (Å²) >= 11 is 0. The molecule has 0 aliphatic carbocycles. The first-order valence-corrected chi connectivity index (χ1v) is 7.39. The topological polar surface area (TPSA) is 82.1 Å². The largest absolute Gasteiger partial charge is 0.394 e. The Morgan fingerprint density at radius 1 is 1.29 bits per heavy atom. The number of hydrogen-bond donors (Lipinski definition) is 1. The maximum absolute atomic E-state index is 10.9. The molecule has 0 aromatic carbocycles. The van der Waals surface area contributed by atoms with Gasteiger partial charge in [0.05, 0.1) is 19.5 Å². The van der Waals surface area contributed by atoms with Gasteiger partial charge in [0, 0.05) is 6.42 Å². The molecule has 0 aromatic heterocycles. The fourth-order valence-corrected chi connectivity index (χ4v) is 1.97. The van der Waals surface area contributed by atoms with Gasteiger partial charge in [-0.05, 0) is 5.92 Å². The molecule has 1 N–H and O–H groups in total. The molecule has 1 aliphatic rings. The van der Waals surface area contributed by atoms with Crippen molar-refractivity contribution in [2.75, 3.05) is 19.5 Å². The van der Waals surface area contributed by atoms with E-state index < -0.39 is 28.6 Å². The van der Waals surface area contributed by atoms with Gasteiger partial charge in [-0.1, -0.05) is 13.8 Å². The van der Waals surface area contributed by atoms with Crippen LogP contribution in [0.25, 0.3) is 0 Å².